The molecule has 1 aromatic rings. The lowest BCUT2D eigenvalue weighted by molar-refractivity contribution is 0.178. The molecule has 1 fully saturated rings. The molecule has 0 bridgehead atoms. The quantitative estimate of drug-likeness (QED) is 0.870. The molecule has 4 heteroatoms. The van der Waals surface area contributed by atoms with E-state index in [0.29, 0.717) is 6.04 Å². The number of rotatable bonds is 4. The second-order valence-corrected chi connectivity index (χ2v) is 5.77. The van der Waals surface area contributed by atoms with Gasteiger partial charge in [0.05, 0.1) is 5.51 Å². The van der Waals surface area contributed by atoms with Gasteiger partial charge in [-0.3, -0.25) is 4.98 Å². The van der Waals surface area contributed by atoms with Gasteiger partial charge in [0.1, 0.15) is 0 Å². The molecule has 3 nitrogen and oxygen atoms in total. The van der Waals surface area contributed by atoms with Crippen molar-refractivity contribution in [1.29, 1.82) is 0 Å². The molecule has 0 spiro atoms. The molecule has 0 amide bonds. The summed E-state index contributed by atoms with van der Waals surface area (Å²) >= 11 is 1.73. The Morgan fingerprint density at radius 1 is 1.69 bits per heavy atom. The first-order chi connectivity index (χ1) is 7.75. The molecular weight excluding hydrogens is 218 g/mol. The molecule has 16 heavy (non-hydrogen) atoms. The Morgan fingerprint density at radius 2 is 2.56 bits per heavy atom. The molecule has 2 unspecified atom stereocenters. The summed E-state index contributed by atoms with van der Waals surface area (Å²) in [5, 5.41) is 3.62. The second kappa shape index (κ2) is 5.75. The Balaban J connectivity index is 1.76. The lowest BCUT2D eigenvalue weighted by Crippen LogP contribution is -2.42. The Bertz CT molecular complexity index is 299. The van der Waals surface area contributed by atoms with Crippen molar-refractivity contribution in [2.75, 3.05) is 20.1 Å². The van der Waals surface area contributed by atoms with Crippen LogP contribution in [0, 0.1) is 5.92 Å². The molecule has 0 aromatic carbocycles. The van der Waals surface area contributed by atoms with Crippen LogP contribution < -0.4 is 5.32 Å². The molecule has 0 saturated carbocycles. The van der Waals surface area contributed by atoms with Gasteiger partial charge in [-0.15, -0.1) is 11.3 Å². The summed E-state index contributed by atoms with van der Waals surface area (Å²) in [4.78, 5) is 7.87. The smallest absolute Gasteiger partial charge is 0.0794 e. The zero-order chi connectivity index (χ0) is 11.4. The Morgan fingerprint density at radius 3 is 3.25 bits per heavy atom. The van der Waals surface area contributed by atoms with Gasteiger partial charge in [-0.1, -0.05) is 0 Å². The molecule has 1 saturated heterocycles. The van der Waals surface area contributed by atoms with Crippen LogP contribution in [-0.2, 0) is 6.54 Å². The maximum Gasteiger partial charge on any atom is 0.0794 e. The first-order valence-electron chi connectivity index (χ1n) is 6.05. The van der Waals surface area contributed by atoms with Gasteiger partial charge in [0.2, 0.25) is 0 Å². The van der Waals surface area contributed by atoms with E-state index in [1.165, 1.54) is 30.8 Å². The molecule has 2 atom stereocenters. The Hall–Kier alpha value is -0.450. The van der Waals surface area contributed by atoms with E-state index in [0.717, 1.165) is 12.5 Å². The minimum atomic E-state index is 0.602. The maximum absolute atomic E-state index is 4.09. The van der Waals surface area contributed by atoms with Gasteiger partial charge in [0, 0.05) is 30.2 Å². The van der Waals surface area contributed by atoms with E-state index in [-0.39, 0.29) is 0 Å². The molecule has 90 valence electrons. The third-order valence-electron chi connectivity index (χ3n) is 3.45. The summed E-state index contributed by atoms with van der Waals surface area (Å²) in [6, 6.07) is 0.602. The van der Waals surface area contributed by atoms with Crippen LogP contribution in [0.4, 0.5) is 0 Å². The van der Waals surface area contributed by atoms with Crippen molar-refractivity contribution in [3.05, 3.63) is 16.6 Å². The summed E-state index contributed by atoms with van der Waals surface area (Å²) in [6.07, 6.45) is 4.66. The fourth-order valence-corrected chi connectivity index (χ4v) is 2.92. The molecule has 2 heterocycles. The maximum atomic E-state index is 4.09. The summed E-state index contributed by atoms with van der Waals surface area (Å²) in [5.41, 5.74) is 1.90. The van der Waals surface area contributed by atoms with Crippen molar-refractivity contribution in [3.8, 4) is 0 Å². The summed E-state index contributed by atoms with van der Waals surface area (Å²) in [6.45, 7) is 5.77. The van der Waals surface area contributed by atoms with E-state index in [4.69, 9.17) is 0 Å². The monoisotopic (exact) mass is 239 g/mol. The predicted octanol–water partition coefficient (Wildman–Crippen LogP) is 1.96. The lowest BCUT2D eigenvalue weighted by Gasteiger charge is -2.33. The number of hydrogen-bond donors (Lipinski definition) is 1. The number of thiazole rings is 1. The molecule has 0 radical (unpaired) electrons. The van der Waals surface area contributed by atoms with Crippen molar-refractivity contribution < 1.29 is 0 Å². The van der Waals surface area contributed by atoms with E-state index in [2.05, 4.69) is 29.2 Å². The normalized spacial score (nSPS) is 24.5. The standard InChI is InChI=1S/C12H21N3S/c1-10(11-4-3-5-15(2)8-11)14-7-12-6-13-9-16-12/h6,9-11,14H,3-5,7-8H2,1-2H3. The van der Waals surface area contributed by atoms with Crippen LogP contribution in [0.15, 0.2) is 11.7 Å². The average Bonchev–Trinajstić information content (AvgIpc) is 2.78. The zero-order valence-corrected chi connectivity index (χ0v) is 11.0. The van der Waals surface area contributed by atoms with E-state index in [1.54, 1.807) is 11.3 Å². The van der Waals surface area contributed by atoms with Crippen molar-refractivity contribution in [2.45, 2.75) is 32.4 Å². The van der Waals surface area contributed by atoms with Gasteiger partial charge < -0.3 is 10.2 Å². The van der Waals surface area contributed by atoms with Crippen molar-refractivity contribution in [3.63, 3.8) is 0 Å². The highest BCUT2D eigenvalue weighted by Crippen LogP contribution is 2.19. The van der Waals surface area contributed by atoms with E-state index in [9.17, 15) is 0 Å². The predicted molar refractivity (Wildman–Crippen MR) is 68.6 cm³/mol. The van der Waals surface area contributed by atoms with Crippen molar-refractivity contribution >= 4 is 11.3 Å². The van der Waals surface area contributed by atoms with Crippen LogP contribution in [0.25, 0.3) is 0 Å². The fraction of sp³-hybridized carbons (Fsp3) is 0.750. The number of aromatic nitrogens is 1. The van der Waals surface area contributed by atoms with Crippen LogP contribution in [-0.4, -0.2) is 36.1 Å². The third-order valence-corrected chi connectivity index (χ3v) is 4.23. The molecular formula is C12H21N3S. The molecule has 1 N–H and O–H groups in total. The van der Waals surface area contributed by atoms with Crippen LogP contribution >= 0.6 is 11.3 Å². The minimum absolute atomic E-state index is 0.602. The van der Waals surface area contributed by atoms with E-state index in [1.807, 2.05) is 11.7 Å². The largest absolute Gasteiger partial charge is 0.309 e. The van der Waals surface area contributed by atoms with E-state index >= 15 is 0 Å². The van der Waals surface area contributed by atoms with Gasteiger partial charge in [-0.2, -0.15) is 0 Å². The third kappa shape index (κ3) is 3.27. The average molecular weight is 239 g/mol. The number of nitrogens with one attached hydrogen (secondary N) is 1. The molecule has 1 aromatic heterocycles. The summed E-state index contributed by atoms with van der Waals surface area (Å²) in [5.74, 6) is 0.798. The SMILES string of the molecule is CC(NCc1cncs1)C1CCCN(C)C1. The van der Waals surface area contributed by atoms with Crippen molar-refractivity contribution in [1.82, 2.24) is 15.2 Å². The topological polar surface area (TPSA) is 28.2 Å². The van der Waals surface area contributed by atoms with Gasteiger partial charge in [-0.05, 0) is 39.3 Å². The number of piperidine rings is 1. The second-order valence-electron chi connectivity index (χ2n) is 4.80. The zero-order valence-electron chi connectivity index (χ0n) is 10.1. The minimum Gasteiger partial charge on any atom is -0.309 e. The highest BCUT2D eigenvalue weighted by Gasteiger charge is 2.22. The fourth-order valence-electron chi connectivity index (χ4n) is 2.37. The van der Waals surface area contributed by atoms with E-state index < -0.39 is 0 Å². The summed E-state index contributed by atoms with van der Waals surface area (Å²) < 4.78 is 0. The Labute approximate surface area is 102 Å². The number of likely N-dealkylation sites (tertiary alicyclic amines) is 1. The highest BCUT2D eigenvalue weighted by atomic mass is 32.1. The number of hydrogen-bond acceptors (Lipinski definition) is 4. The van der Waals surface area contributed by atoms with Crippen LogP contribution in [0.5, 0.6) is 0 Å². The van der Waals surface area contributed by atoms with Crippen LogP contribution in [0.2, 0.25) is 0 Å². The number of nitrogens with zero attached hydrogens (tertiary/aromatic N) is 2. The Kier molecular flexibility index (Phi) is 4.32. The van der Waals surface area contributed by atoms with Gasteiger partial charge in [0.15, 0.2) is 0 Å². The summed E-state index contributed by atoms with van der Waals surface area (Å²) in [7, 11) is 2.22. The lowest BCUT2D eigenvalue weighted by atomic mass is 9.92. The van der Waals surface area contributed by atoms with Crippen LogP contribution in [0.3, 0.4) is 0 Å². The molecule has 1 aliphatic heterocycles. The first-order valence-corrected chi connectivity index (χ1v) is 6.93. The molecule has 1 aliphatic rings. The first kappa shape index (κ1) is 12.0. The van der Waals surface area contributed by atoms with Gasteiger partial charge in [-0.25, -0.2) is 0 Å². The van der Waals surface area contributed by atoms with Crippen LogP contribution in [0.1, 0.15) is 24.6 Å². The van der Waals surface area contributed by atoms with Gasteiger partial charge in [0.25, 0.3) is 0 Å². The highest BCUT2D eigenvalue weighted by molar-refractivity contribution is 7.09. The molecule has 0 aliphatic carbocycles. The van der Waals surface area contributed by atoms with Crippen molar-refractivity contribution in [2.24, 2.45) is 5.92 Å². The molecule has 2 rings (SSSR count). The van der Waals surface area contributed by atoms with Gasteiger partial charge >= 0.3 is 0 Å².